The average molecular weight is 480 g/mol. The minimum Gasteiger partial charge on any atom is -0.481 e. The van der Waals surface area contributed by atoms with Gasteiger partial charge in [0.05, 0.1) is 29.5 Å². The molecule has 0 radical (unpaired) electrons. The van der Waals surface area contributed by atoms with Crippen LogP contribution < -0.4 is 0 Å². The Bertz CT molecular complexity index is 1380. The maximum absolute atomic E-state index is 13.5. The summed E-state index contributed by atoms with van der Waals surface area (Å²) in [6, 6.07) is 17.0. The van der Waals surface area contributed by atoms with Crippen LogP contribution in [0.4, 0.5) is 0 Å². The molecule has 5 rings (SSSR count). The van der Waals surface area contributed by atoms with Crippen molar-refractivity contribution in [2.45, 2.75) is 32.2 Å². The summed E-state index contributed by atoms with van der Waals surface area (Å²) in [4.78, 5) is 42.0. The second-order valence-electron chi connectivity index (χ2n) is 9.03. The van der Waals surface area contributed by atoms with Crippen LogP contribution in [0.2, 0.25) is 0 Å². The van der Waals surface area contributed by atoms with Gasteiger partial charge < -0.3 is 5.11 Å². The summed E-state index contributed by atoms with van der Waals surface area (Å²) in [7, 11) is 0. The molecule has 0 saturated heterocycles. The highest BCUT2D eigenvalue weighted by Gasteiger charge is 2.39. The minimum atomic E-state index is -1.05. The molecule has 0 spiro atoms. The summed E-state index contributed by atoms with van der Waals surface area (Å²) in [5.74, 6) is -2.04. The maximum Gasteiger partial charge on any atom is 0.303 e. The van der Waals surface area contributed by atoms with E-state index in [-0.39, 0.29) is 24.7 Å². The van der Waals surface area contributed by atoms with E-state index in [0.717, 1.165) is 22.3 Å². The first-order valence-electron chi connectivity index (χ1n) is 11.9. The first-order valence-corrected chi connectivity index (χ1v) is 11.9. The number of aliphatic imine (C=N–C) groups is 1. The summed E-state index contributed by atoms with van der Waals surface area (Å²) < 4.78 is 0. The van der Waals surface area contributed by atoms with Gasteiger partial charge in [0.15, 0.2) is 0 Å². The van der Waals surface area contributed by atoms with Gasteiger partial charge in [-0.05, 0) is 29.7 Å². The van der Waals surface area contributed by atoms with Crippen molar-refractivity contribution in [2.75, 3.05) is 0 Å². The van der Waals surface area contributed by atoms with Crippen molar-refractivity contribution in [1.29, 1.82) is 0 Å². The smallest absolute Gasteiger partial charge is 0.303 e. The number of hydrogen-bond donors (Lipinski definition) is 1. The Kier molecular flexibility index (Phi) is 6.29. The van der Waals surface area contributed by atoms with Gasteiger partial charge in [-0.15, -0.1) is 0 Å². The number of aryl methyl sites for hydroxylation is 1. The summed E-state index contributed by atoms with van der Waals surface area (Å²) in [5, 5.41) is 15.1. The van der Waals surface area contributed by atoms with E-state index in [1.165, 1.54) is 5.01 Å². The molecule has 2 aliphatic heterocycles. The third-order valence-corrected chi connectivity index (χ3v) is 6.58. The number of carbonyl (C=O) groups excluding carboxylic acids is 2. The topological polar surface area (TPSA) is 99.4 Å². The van der Waals surface area contributed by atoms with Gasteiger partial charge in [-0.3, -0.25) is 14.4 Å². The minimum absolute atomic E-state index is 0.175. The average Bonchev–Trinajstić information content (AvgIpc) is 3.32. The van der Waals surface area contributed by atoms with Gasteiger partial charge >= 0.3 is 5.97 Å². The van der Waals surface area contributed by atoms with Gasteiger partial charge in [0, 0.05) is 18.8 Å². The third kappa shape index (κ3) is 4.47. The van der Waals surface area contributed by atoms with Crippen LogP contribution in [-0.4, -0.2) is 39.3 Å². The molecular weight excluding hydrogens is 454 g/mol. The molecule has 0 bridgehead atoms. The predicted octanol–water partition coefficient (Wildman–Crippen LogP) is 4.67. The van der Waals surface area contributed by atoms with Crippen molar-refractivity contribution < 1.29 is 19.5 Å². The van der Waals surface area contributed by atoms with Gasteiger partial charge in [-0.2, -0.15) is 5.10 Å². The van der Waals surface area contributed by atoms with Gasteiger partial charge in [-0.1, -0.05) is 78.4 Å². The molecule has 2 aromatic carbocycles. The molecule has 3 aliphatic rings. The summed E-state index contributed by atoms with van der Waals surface area (Å²) in [6.45, 7) is 2.01. The molecule has 1 aliphatic carbocycles. The number of benzene rings is 2. The standard InChI is InChI=1S/C29H25N3O4/c1-18-11-13-20(14-12-18)27-21-9-5-6-10-22(21)30-29(36)28(27)23-17-24(19-7-3-2-4-8-19)32(31-23)25(33)15-16-26(34)35/h2-14,21,24H,15-17H2,1H3,(H,34,35). The van der Waals surface area contributed by atoms with Crippen LogP contribution in [0.15, 0.2) is 94.6 Å². The van der Waals surface area contributed by atoms with Crippen molar-refractivity contribution in [3.05, 3.63) is 101 Å². The zero-order valence-corrected chi connectivity index (χ0v) is 19.8. The zero-order chi connectivity index (χ0) is 25.2. The highest BCUT2D eigenvalue weighted by Crippen LogP contribution is 2.40. The van der Waals surface area contributed by atoms with E-state index in [1.807, 2.05) is 85.8 Å². The molecule has 2 aromatic rings. The lowest BCUT2D eigenvalue weighted by atomic mass is 9.79. The van der Waals surface area contributed by atoms with Crippen LogP contribution in [0, 0.1) is 12.8 Å². The number of rotatable bonds is 6. The molecule has 0 saturated carbocycles. The molecule has 36 heavy (non-hydrogen) atoms. The van der Waals surface area contributed by atoms with E-state index in [1.54, 1.807) is 0 Å². The second-order valence-corrected chi connectivity index (χ2v) is 9.03. The van der Waals surface area contributed by atoms with Gasteiger partial charge in [-0.25, -0.2) is 10.0 Å². The molecule has 2 amide bonds. The van der Waals surface area contributed by atoms with Crippen molar-refractivity contribution in [1.82, 2.24) is 5.01 Å². The lowest BCUT2D eigenvalue weighted by molar-refractivity contribution is -0.141. The number of fused-ring (bicyclic) bond motifs is 1. The molecular formula is C29H25N3O4. The van der Waals surface area contributed by atoms with E-state index in [2.05, 4.69) is 10.1 Å². The molecule has 7 heteroatoms. The largest absolute Gasteiger partial charge is 0.481 e. The summed E-state index contributed by atoms with van der Waals surface area (Å²) >= 11 is 0. The maximum atomic E-state index is 13.5. The van der Waals surface area contributed by atoms with Crippen LogP contribution in [0.3, 0.4) is 0 Å². The number of hydrogen-bond acceptors (Lipinski definition) is 4. The molecule has 1 N–H and O–H groups in total. The number of carbonyl (C=O) groups is 3. The zero-order valence-electron chi connectivity index (χ0n) is 19.8. The van der Waals surface area contributed by atoms with E-state index < -0.39 is 17.9 Å². The summed E-state index contributed by atoms with van der Waals surface area (Å²) in [6.07, 6.45) is 7.53. The van der Waals surface area contributed by atoms with E-state index in [4.69, 9.17) is 5.11 Å². The van der Waals surface area contributed by atoms with E-state index in [0.29, 0.717) is 23.4 Å². The number of aliphatic carboxylic acids is 1. The third-order valence-electron chi connectivity index (χ3n) is 6.58. The van der Waals surface area contributed by atoms with Crippen molar-refractivity contribution in [3.8, 4) is 0 Å². The Balaban J connectivity index is 1.62. The predicted molar refractivity (Wildman–Crippen MR) is 137 cm³/mol. The van der Waals surface area contributed by atoms with Crippen LogP contribution in [0.25, 0.3) is 5.57 Å². The molecule has 7 nitrogen and oxygen atoms in total. The van der Waals surface area contributed by atoms with Gasteiger partial charge in [0.1, 0.15) is 0 Å². The van der Waals surface area contributed by atoms with Crippen LogP contribution in [-0.2, 0) is 14.4 Å². The molecule has 2 unspecified atom stereocenters. The molecule has 0 aromatic heterocycles. The van der Waals surface area contributed by atoms with Crippen molar-refractivity contribution in [3.63, 3.8) is 0 Å². The fourth-order valence-corrected chi connectivity index (χ4v) is 4.82. The van der Waals surface area contributed by atoms with Crippen LogP contribution >= 0.6 is 0 Å². The fourth-order valence-electron chi connectivity index (χ4n) is 4.82. The highest BCUT2D eigenvalue weighted by molar-refractivity contribution is 6.33. The normalized spacial score (nSPS) is 20.8. The van der Waals surface area contributed by atoms with E-state index in [9.17, 15) is 14.4 Å². The number of amides is 2. The number of dihydropyridines is 1. The van der Waals surface area contributed by atoms with Gasteiger partial charge in [0.2, 0.25) is 5.91 Å². The van der Waals surface area contributed by atoms with Crippen LogP contribution in [0.1, 0.15) is 42.0 Å². The fraction of sp³-hybridized carbons (Fsp3) is 0.207. The lowest BCUT2D eigenvalue weighted by Gasteiger charge is -2.26. The molecule has 180 valence electrons. The molecule has 0 fully saturated rings. The monoisotopic (exact) mass is 479 g/mol. The number of hydrazone groups is 1. The number of nitrogens with zero attached hydrogens (tertiary/aromatic N) is 3. The highest BCUT2D eigenvalue weighted by atomic mass is 16.4. The van der Waals surface area contributed by atoms with Crippen LogP contribution in [0.5, 0.6) is 0 Å². The SMILES string of the molecule is Cc1ccc(C2=C(C3=NN(C(=O)CCC(=O)O)C(c4ccccc4)C3)C(=O)N=C3C=CC=CC32)cc1. The van der Waals surface area contributed by atoms with Gasteiger partial charge in [0.25, 0.3) is 5.91 Å². The number of carboxylic acids is 1. The Hall–Kier alpha value is -4.39. The second kappa shape index (κ2) is 9.70. The Morgan fingerprint density at radius 2 is 1.78 bits per heavy atom. The Morgan fingerprint density at radius 3 is 2.50 bits per heavy atom. The quantitative estimate of drug-likeness (QED) is 0.651. The summed E-state index contributed by atoms with van der Waals surface area (Å²) in [5.41, 5.74) is 5.25. The molecule has 2 heterocycles. The van der Waals surface area contributed by atoms with E-state index >= 15 is 0 Å². The Labute approximate surface area is 208 Å². The van der Waals surface area contributed by atoms with Crippen molar-refractivity contribution in [2.24, 2.45) is 16.0 Å². The first-order chi connectivity index (χ1) is 17.4. The Morgan fingerprint density at radius 1 is 1.03 bits per heavy atom. The molecule has 2 atom stereocenters. The lowest BCUT2D eigenvalue weighted by Crippen LogP contribution is -2.27. The first kappa shape index (κ1) is 23.4. The number of carboxylic acid groups (broad SMARTS) is 1. The number of allylic oxidation sites excluding steroid dienone is 5. The van der Waals surface area contributed by atoms with Crippen molar-refractivity contribution >= 4 is 34.8 Å².